The van der Waals surface area contributed by atoms with E-state index in [-0.39, 0.29) is 23.9 Å². The first-order chi connectivity index (χ1) is 17.9. The Bertz CT molecular complexity index is 1200. The van der Waals surface area contributed by atoms with Gasteiger partial charge in [0.1, 0.15) is 17.3 Å². The summed E-state index contributed by atoms with van der Waals surface area (Å²) < 4.78 is 32.4. The molecule has 4 rings (SSSR count). The van der Waals surface area contributed by atoms with Gasteiger partial charge in [-0.05, 0) is 79.5 Å². The Kier molecular flexibility index (Phi) is 9.18. The van der Waals surface area contributed by atoms with Crippen molar-refractivity contribution in [2.24, 2.45) is 0 Å². The minimum absolute atomic E-state index is 0.0774. The van der Waals surface area contributed by atoms with Crippen LogP contribution in [0.25, 0.3) is 11.1 Å². The lowest BCUT2D eigenvalue weighted by Crippen LogP contribution is -2.28. The molecule has 1 aliphatic rings. The van der Waals surface area contributed by atoms with Crippen LogP contribution in [0.3, 0.4) is 0 Å². The zero-order chi connectivity index (χ0) is 26.2. The van der Waals surface area contributed by atoms with Crippen LogP contribution in [0.2, 0.25) is 0 Å². The van der Waals surface area contributed by atoms with Gasteiger partial charge in [-0.25, -0.2) is 4.39 Å². The molecule has 0 radical (unpaired) electrons. The van der Waals surface area contributed by atoms with Gasteiger partial charge in [0.15, 0.2) is 0 Å². The van der Waals surface area contributed by atoms with Gasteiger partial charge in [-0.1, -0.05) is 36.4 Å². The summed E-state index contributed by atoms with van der Waals surface area (Å²) in [7, 11) is 1.62. The maximum absolute atomic E-state index is 14.1. The average Bonchev–Trinajstić information content (AvgIpc) is 2.89. The summed E-state index contributed by atoms with van der Waals surface area (Å²) >= 11 is 0. The van der Waals surface area contributed by atoms with Crippen molar-refractivity contribution < 1.29 is 23.4 Å². The van der Waals surface area contributed by atoms with E-state index in [0.29, 0.717) is 31.1 Å². The fourth-order valence-electron chi connectivity index (χ4n) is 4.89. The summed E-state index contributed by atoms with van der Waals surface area (Å²) in [6.45, 7) is 4.70. The van der Waals surface area contributed by atoms with Crippen LogP contribution in [0.4, 0.5) is 4.39 Å². The van der Waals surface area contributed by atoms with Gasteiger partial charge in [0.25, 0.3) is 0 Å². The van der Waals surface area contributed by atoms with Crippen molar-refractivity contribution in [3.63, 3.8) is 0 Å². The molecule has 0 heterocycles. The number of rotatable bonds is 10. The highest BCUT2D eigenvalue weighted by Crippen LogP contribution is 2.37. The molecule has 37 heavy (non-hydrogen) atoms. The Labute approximate surface area is 219 Å². The molecule has 0 unspecified atom stereocenters. The van der Waals surface area contributed by atoms with E-state index in [9.17, 15) is 9.18 Å². The van der Waals surface area contributed by atoms with Gasteiger partial charge in [-0.2, -0.15) is 0 Å². The Hall–Kier alpha value is -3.38. The summed E-state index contributed by atoms with van der Waals surface area (Å²) in [5, 5.41) is 2.83. The van der Waals surface area contributed by atoms with Gasteiger partial charge in [0.2, 0.25) is 5.91 Å². The number of methoxy groups -OCH3 is 1. The minimum atomic E-state index is -0.306. The van der Waals surface area contributed by atoms with E-state index in [0.717, 1.165) is 42.4 Å². The average molecular weight is 506 g/mol. The molecule has 1 N–H and O–H groups in total. The summed E-state index contributed by atoms with van der Waals surface area (Å²) in [6.07, 6.45) is 4.55. The van der Waals surface area contributed by atoms with Crippen molar-refractivity contribution in [3.8, 4) is 22.6 Å². The van der Waals surface area contributed by atoms with Crippen molar-refractivity contribution in [1.82, 2.24) is 5.32 Å². The smallest absolute Gasteiger partial charge is 0.216 e. The predicted octanol–water partition coefficient (Wildman–Crippen LogP) is 6.40. The quantitative estimate of drug-likeness (QED) is 0.347. The van der Waals surface area contributed by atoms with Crippen LogP contribution in [-0.2, 0) is 22.6 Å². The lowest BCUT2D eigenvalue weighted by molar-refractivity contribution is -0.118. The molecule has 1 amide bonds. The van der Waals surface area contributed by atoms with E-state index in [1.54, 1.807) is 13.2 Å². The molecular weight excluding hydrogens is 469 g/mol. The summed E-state index contributed by atoms with van der Waals surface area (Å²) in [4.78, 5) is 11.4. The largest absolute Gasteiger partial charge is 0.496 e. The highest BCUT2D eigenvalue weighted by Gasteiger charge is 2.24. The van der Waals surface area contributed by atoms with Crippen LogP contribution >= 0.6 is 0 Å². The zero-order valence-electron chi connectivity index (χ0n) is 21.9. The molecule has 0 atom stereocenters. The normalized spacial score (nSPS) is 17.3. The number of carbonyl (C=O) groups is 1. The van der Waals surface area contributed by atoms with Crippen LogP contribution < -0.4 is 14.8 Å². The molecule has 0 bridgehead atoms. The Morgan fingerprint density at radius 1 is 1.00 bits per heavy atom. The van der Waals surface area contributed by atoms with Crippen LogP contribution in [0, 0.1) is 12.7 Å². The molecular formula is C31H36FNO4. The van der Waals surface area contributed by atoms with E-state index in [4.69, 9.17) is 14.2 Å². The Morgan fingerprint density at radius 3 is 2.46 bits per heavy atom. The number of hydrogen-bond donors (Lipinski definition) is 1. The molecule has 1 saturated carbocycles. The molecule has 3 aromatic carbocycles. The maximum Gasteiger partial charge on any atom is 0.216 e. The first kappa shape index (κ1) is 26.7. The topological polar surface area (TPSA) is 56.8 Å². The highest BCUT2D eigenvalue weighted by molar-refractivity contribution is 5.74. The Balaban J connectivity index is 1.45. The third-order valence-electron chi connectivity index (χ3n) is 6.95. The first-order valence-electron chi connectivity index (χ1n) is 13.0. The lowest BCUT2D eigenvalue weighted by Gasteiger charge is -2.29. The summed E-state index contributed by atoms with van der Waals surface area (Å²) in [6, 6.07) is 18.7. The van der Waals surface area contributed by atoms with E-state index in [2.05, 4.69) is 24.4 Å². The predicted molar refractivity (Wildman–Crippen MR) is 143 cm³/mol. The first-order valence-corrected chi connectivity index (χ1v) is 13.0. The maximum atomic E-state index is 14.1. The second-order valence-electron chi connectivity index (χ2n) is 9.65. The fraction of sp³-hybridized carbons (Fsp3) is 0.387. The molecule has 5 nitrogen and oxygen atoms in total. The Morgan fingerprint density at radius 2 is 1.76 bits per heavy atom. The van der Waals surface area contributed by atoms with Gasteiger partial charge >= 0.3 is 0 Å². The van der Waals surface area contributed by atoms with Crippen molar-refractivity contribution >= 4 is 5.91 Å². The molecule has 0 saturated heterocycles. The fourth-order valence-corrected chi connectivity index (χ4v) is 4.89. The van der Waals surface area contributed by atoms with Crippen LogP contribution in [0.5, 0.6) is 11.5 Å². The van der Waals surface area contributed by atoms with Crippen LogP contribution in [0.15, 0.2) is 60.7 Å². The van der Waals surface area contributed by atoms with Gasteiger partial charge in [0.05, 0.1) is 25.9 Å². The number of halogens is 1. The molecule has 1 aliphatic carbocycles. The van der Waals surface area contributed by atoms with Crippen LogP contribution in [-0.4, -0.2) is 31.8 Å². The van der Waals surface area contributed by atoms with Crippen molar-refractivity contribution in [1.29, 1.82) is 0 Å². The van der Waals surface area contributed by atoms with Gasteiger partial charge < -0.3 is 19.5 Å². The third-order valence-corrected chi connectivity index (χ3v) is 6.95. The molecule has 0 spiro atoms. The number of ether oxygens (including phenoxy) is 3. The van der Waals surface area contributed by atoms with E-state index < -0.39 is 0 Å². The number of carbonyl (C=O) groups excluding carboxylic acids is 1. The summed E-state index contributed by atoms with van der Waals surface area (Å²) in [5.41, 5.74) is 4.98. The van der Waals surface area contributed by atoms with Gasteiger partial charge in [-0.3, -0.25) is 4.79 Å². The molecule has 196 valence electrons. The van der Waals surface area contributed by atoms with Crippen LogP contribution in [0.1, 0.15) is 49.3 Å². The van der Waals surface area contributed by atoms with Crippen molar-refractivity contribution in [3.05, 3.63) is 83.2 Å². The monoisotopic (exact) mass is 505 g/mol. The molecule has 1 fully saturated rings. The number of aryl methyl sites for hydroxylation is 1. The van der Waals surface area contributed by atoms with E-state index >= 15 is 0 Å². The number of hydrogen-bond acceptors (Lipinski definition) is 4. The van der Waals surface area contributed by atoms with Gasteiger partial charge in [0, 0.05) is 25.1 Å². The second kappa shape index (κ2) is 12.7. The molecule has 6 heteroatoms. The SMILES string of the molecule is COc1cc(OC2CCC(OCc3ccccc3C)CC2)cc(-c2cccc(F)c2)c1CCNC(C)=O. The lowest BCUT2D eigenvalue weighted by atomic mass is 9.94. The standard InChI is InChI=1S/C31H36FNO4/c1-21-7-4-5-8-24(21)20-36-26-11-13-27(14-12-26)37-28-18-30(23-9-6-10-25(32)17-23)29(31(19-28)35-3)15-16-33-22(2)34/h4-10,17-19,26-27H,11-16,20H2,1-3H3,(H,33,34). The third kappa shape index (κ3) is 7.32. The van der Waals surface area contributed by atoms with Crippen molar-refractivity contribution in [2.45, 2.75) is 64.8 Å². The number of nitrogens with one attached hydrogen (secondary N) is 1. The highest BCUT2D eigenvalue weighted by atomic mass is 19.1. The van der Waals surface area contributed by atoms with E-state index in [1.807, 2.05) is 30.3 Å². The van der Waals surface area contributed by atoms with Crippen molar-refractivity contribution in [2.75, 3.05) is 13.7 Å². The van der Waals surface area contributed by atoms with Gasteiger partial charge in [-0.15, -0.1) is 0 Å². The number of benzene rings is 3. The summed E-state index contributed by atoms with van der Waals surface area (Å²) in [5.74, 6) is 0.963. The molecule has 0 aromatic heterocycles. The molecule has 0 aliphatic heterocycles. The molecule has 3 aromatic rings. The minimum Gasteiger partial charge on any atom is -0.496 e. The zero-order valence-corrected chi connectivity index (χ0v) is 21.9. The second-order valence-corrected chi connectivity index (χ2v) is 9.65. The number of amides is 1. The van der Waals surface area contributed by atoms with E-state index in [1.165, 1.54) is 30.2 Å².